The van der Waals surface area contributed by atoms with Crippen LogP contribution in [0.2, 0.25) is 0 Å². The summed E-state index contributed by atoms with van der Waals surface area (Å²) in [5.41, 5.74) is -0.667. The fourth-order valence-electron chi connectivity index (χ4n) is 3.78. The monoisotopic (exact) mass is 306 g/mol. The Morgan fingerprint density at radius 2 is 1.75 bits per heavy atom. The second-order valence-electron chi connectivity index (χ2n) is 6.79. The van der Waals surface area contributed by atoms with Crippen molar-refractivity contribution in [1.82, 2.24) is 0 Å². The summed E-state index contributed by atoms with van der Waals surface area (Å²) in [5.74, 6) is 1.56. The Balaban J connectivity index is 2.99. The van der Waals surface area contributed by atoms with Crippen LogP contribution in [0.5, 0.6) is 0 Å². The molecule has 0 radical (unpaired) electrons. The Hall–Kier alpha value is 0.110. The number of hydrogen-bond donors (Lipinski definition) is 2. The molecule has 5 atom stereocenters. The highest BCUT2D eigenvalue weighted by Gasteiger charge is 2.50. The highest BCUT2D eigenvalue weighted by Crippen LogP contribution is 2.55. The standard InChI is InChI=1S/C15H31O4P/c1-6-7-8-9-15(19-20(16,17)18)10-11(2)12(3)13(4)14(15)5/h11-14H,6-10H2,1-5H3,(H2,16,17,18). The summed E-state index contributed by atoms with van der Waals surface area (Å²) in [5, 5.41) is 0. The lowest BCUT2D eigenvalue weighted by Crippen LogP contribution is -2.50. The highest BCUT2D eigenvalue weighted by atomic mass is 31.2. The molecular weight excluding hydrogens is 275 g/mol. The number of phosphoric ester groups is 1. The van der Waals surface area contributed by atoms with Crippen LogP contribution < -0.4 is 0 Å². The predicted molar refractivity (Wildman–Crippen MR) is 81.3 cm³/mol. The lowest BCUT2D eigenvalue weighted by molar-refractivity contribution is -0.0984. The molecule has 0 aliphatic heterocycles. The van der Waals surface area contributed by atoms with Crippen LogP contribution in [0.1, 0.15) is 66.7 Å². The molecule has 1 rings (SSSR count). The zero-order chi connectivity index (χ0) is 15.6. The molecule has 0 amide bonds. The normalized spacial score (nSPS) is 39.0. The molecule has 0 aromatic rings. The van der Waals surface area contributed by atoms with Gasteiger partial charge in [-0.05, 0) is 36.5 Å². The maximum Gasteiger partial charge on any atom is 0.470 e. The van der Waals surface area contributed by atoms with Crippen molar-refractivity contribution in [3.05, 3.63) is 0 Å². The zero-order valence-electron chi connectivity index (χ0n) is 13.5. The Morgan fingerprint density at radius 1 is 1.15 bits per heavy atom. The summed E-state index contributed by atoms with van der Waals surface area (Å²) < 4.78 is 16.8. The second kappa shape index (κ2) is 6.91. The summed E-state index contributed by atoms with van der Waals surface area (Å²) in [6, 6.07) is 0. The van der Waals surface area contributed by atoms with Crippen LogP contribution in [0.4, 0.5) is 0 Å². The van der Waals surface area contributed by atoms with Crippen LogP contribution in [-0.4, -0.2) is 15.4 Å². The van der Waals surface area contributed by atoms with Gasteiger partial charge in [-0.3, -0.25) is 4.52 Å². The number of hydrogen-bond acceptors (Lipinski definition) is 2. The first kappa shape index (κ1) is 18.2. The van der Waals surface area contributed by atoms with E-state index in [0.717, 1.165) is 32.1 Å². The van der Waals surface area contributed by atoms with E-state index in [9.17, 15) is 14.4 Å². The average molecular weight is 306 g/mol. The fraction of sp³-hybridized carbons (Fsp3) is 1.00. The molecule has 5 heteroatoms. The van der Waals surface area contributed by atoms with Gasteiger partial charge in [0.1, 0.15) is 0 Å². The van der Waals surface area contributed by atoms with Crippen molar-refractivity contribution >= 4 is 7.82 Å². The van der Waals surface area contributed by atoms with Crippen molar-refractivity contribution in [2.24, 2.45) is 23.7 Å². The van der Waals surface area contributed by atoms with E-state index in [-0.39, 0.29) is 5.92 Å². The largest absolute Gasteiger partial charge is 0.470 e. The number of rotatable bonds is 6. The predicted octanol–water partition coefficient (Wildman–Crippen LogP) is 4.36. The third-order valence-corrected chi connectivity index (χ3v) is 6.12. The summed E-state index contributed by atoms with van der Waals surface area (Å²) in [6.45, 7) is 10.8. The van der Waals surface area contributed by atoms with E-state index < -0.39 is 13.4 Å². The lowest BCUT2D eigenvalue weighted by Gasteiger charge is -2.50. The second-order valence-corrected chi connectivity index (χ2v) is 7.96. The first-order valence-electron chi connectivity index (χ1n) is 7.89. The van der Waals surface area contributed by atoms with E-state index in [1.165, 1.54) is 0 Å². The number of unbranched alkanes of at least 4 members (excludes halogenated alkanes) is 2. The van der Waals surface area contributed by atoms with Gasteiger partial charge in [0.15, 0.2) is 0 Å². The molecule has 0 aromatic heterocycles. The lowest BCUT2D eigenvalue weighted by atomic mass is 9.60. The van der Waals surface area contributed by atoms with Crippen LogP contribution in [0.15, 0.2) is 0 Å². The third-order valence-electron chi connectivity index (χ3n) is 5.52. The minimum absolute atomic E-state index is 0.165. The maximum atomic E-state index is 11.5. The molecule has 120 valence electrons. The van der Waals surface area contributed by atoms with Gasteiger partial charge in [0.2, 0.25) is 0 Å². The average Bonchev–Trinajstić information content (AvgIpc) is 2.32. The minimum atomic E-state index is -4.46. The molecule has 1 aliphatic rings. The first-order chi connectivity index (χ1) is 9.13. The summed E-state index contributed by atoms with van der Waals surface area (Å²) in [6.07, 6.45) is 4.64. The van der Waals surface area contributed by atoms with Crippen LogP contribution in [0.25, 0.3) is 0 Å². The van der Waals surface area contributed by atoms with Crippen molar-refractivity contribution in [2.75, 3.05) is 0 Å². The van der Waals surface area contributed by atoms with Gasteiger partial charge in [-0.2, -0.15) is 0 Å². The van der Waals surface area contributed by atoms with E-state index in [0.29, 0.717) is 17.8 Å². The topological polar surface area (TPSA) is 66.8 Å². The first-order valence-corrected chi connectivity index (χ1v) is 9.42. The van der Waals surface area contributed by atoms with Crippen molar-refractivity contribution in [3.8, 4) is 0 Å². The quantitative estimate of drug-likeness (QED) is 0.565. The van der Waals surface area contributed by atoms with Crippen molar-refractivity contribution in [2.45, 2.75) is 72.3 Å². The van der Waals surface area contributed by atoms with Crippen LogP contribution in [0, 0.1) is 23.7 Å². The van der Waals surface area contributed by atoms with E-state index >= 15 is 0 Å². The van der Waals surface area contributed by atoms with Crippen LogP contribution in [0.3, 0.4) is 0 Å². The van der Waals surface area contributed by atoms with Gasteiger partial charge in [-0.15, -0.1) is 0 Å². The molecule has 4 nitrogen and oxygen atoms in total. The van der Waals surface area contributed by atoms with Crippen molar-refractivity contribution in [3.63, 3.8) is 0 Å². The van der Waals surface area contributed by atoms with Gasteiger partial charge in [-0.25, -0.2) is 4.57 Å². The molecule has 1 aliphatic carbocycles. The smallest absolute Gasteiger partial charge is 0.303 e. The van der Waals surface area contributed by atoms with Crippen LogP contribution >= 0.6 is 7.82 Å². The van der Waals surface area contributed by atoms with Gasteiger partial charge in [-0.1, -0.05) is 53.9 Å². The third kappa shape index (κ3) is 4.30. The summed E-state index contributed by atoms with van der Waals surface area (Å²) in [4.78, 5) is 18.7. The summed E-state index contributed by atoms with van der Waals surface area (Å²) >= 11 is 0. The molecule has 0 heterocycles. The van der Waals surface area contributed by atoms with Crippen LogP contribution in [-0.2, 0) is 9.09 Å². The zero-order valence-corrected chi connectivity index (χ0v) is 14.4. The Morgan fingerprint density at radius 3 is 2.25 bits per heavy atom. The molecule has 1 fully saturated rings. The van der Waals surface area contributed by atoms with Gasteiger partial charge < -0.3 is 9.79 Å². The van der Waals surface area contributed by atoms with E-state index in [2.05, 4.69) is 34.6 Å². The van der Waals surface area contributed by atoms with E-state index in [4.69, 9.17) is 4.52 Å². The van der Waals surface area contributed by atoms with Gasteiger partial charge in [0.05, 0.1) is 5.60 Å². The molecule has 0 spiro atoms. The van der Waals surface area contributed by atoms with Crippen molar-refractivity contribution < 1.29 is 18.9 Å². The molecule has 0 aromatic carbocycles. The Kier molecular flexibility index (Phi) is 6.28. The van der Waals surface area contributed by atoms with Crippen molar-refractivity contribution in [1.29, 1.82) is 0 Å². The molecule has 0 bridgehead atoms. The molecule has 0 saturated heterocycles. The molecular formula is C15H31O4P. The van der Waals surface area contributed by atoms with E-state index in [1.54, 1.807) is 0 Å². The fourth-order valence-corrected chi connectivity index (χ4v) is 4.58. The highest BCUT2D eigenvalue weighted by molar-refractivity contribution is 7.46. The molecule has 20 heavy (non-hydrogen) atoms. The minimum Gasteiger partial charge on any atom is -0.303 e. The summed E-state index contributed by atoms with van der Waals surface area (Å²) in [7, 11) is -4.46. The molecule has 2 N–H and O–H groups in total. The molecule has 1 saturated carbocycles. The Labute approximate surface area is 123 Å². The maximum absolute atomic E-state index is 11.5. The Bertz CT molecular complexity index is 354. The van der Waals surface area contributed by atoms with Gasteiger partial charge >= 0.3 is 7.82 Å². The van der Waals surface area contributed by atoms with Gasteiger partial charge in [0.25, 0.3) is 0 Å². The molecule has 5 unspecified atom stereocenters. The SMILES string of the molecule is CCCCCC1(OP(=O)(O)O)CC(C)C(C)C(C)C1C. The van der Waals surface area contributed by atoms with E-state index in [1.807, 2.05) is 0 Å². The van der Waals surface area contributed by atoms with Gasteiger partial charge in [0, 0.05) is 0 Å². The number of phosphoric acid groups is 1.